The summed E-state index contributed by atoms with van der Waals surface area (Å²) in [7, 11) is 1.50. The van der Waals surface area contributed by atoms with Gasteiger partial charge in [-0.05, 0) is 96.3 Å². The first-order valence-corrected chi connectivity index (χ1v) is 36.1. The van der Waals surface area contributed by atoms with Gasteiger partial charge in [0.15, 0.2) is 30.4 Å². The fourth-order valence-corrected chi connectivity index (χ4v) is 11.7. The molecule has 3 saturated heterocycles. The number of hydrogen-bond acceptors (Lipinski definition) is 25. The maximum atomic E-state index is 14.4. The van der Waals surface area contributed by atoms with Crippen molar-refractivity contribution in [1.82, 2.24) is 36.8 Å². The molecule has 100 heavy (non-hydrogen) atoms. The molecule has 3 aliphatic heterocycles. The zero-order chi connectivity index (χ0) is 73.8. The maximum Gasteiger partial charge on any atom is 0.318 e. The van der Waals surface area contributed by atoms with Gasteiger partial charge in [0.25, 0.3) is 0 Å². The van der Waals surface area contributed by atoms with E-state index in [2.05, 4.69) is 31.9 Å². The molecule has 3 aliphatic rings. The van der Waals surface area contributed by atoms with Gasteiger partial charge in [-0.15, -0.1) is 0 Å². The molecule has 3 heterocycles. The molecule has 3 fully saturated rings. The van der Waals surface area contributed by atoms with Gasteiger partial charge in [-0.2, -0.15) is 0 Å². The summed E-state index contributed by atoms with van der Waals surface area (Å²) >= 11 is 0. The highest BCUT2D eigenvalue weighted by molar-refractivity contribution is 5.92. The van der Waals surface area contributed by atoms with Gasteiger partial charge in [-0.3, -0.25) is 38.4 Å². The van der Waals surface area contributed by atoms with Crippen molar-refractivity contribution in [1.29, 1.82) is 0 Å². The SMILES string of the molecule is COCCC(=O)CCCC(=O)NCCCCC(C(=O)CCCCNC(=O)CCCCCO[C@@H]1OC(CO)[C@H](O)[C@H](O)C1C)N(CC(=O)CCCCNC(=O)CCCCCO[C@@H]1OC(CO)[C@H](O)[C@H](O)C1NC(C)=O)C(=O)NCCCNC(=O)CCCCCO[C@@H]1OC(CO)[C@H](O)[C@H](O)C1C. The Morgan fingerprint density at radius 1 is 0.410 bits per heavy atom. The molecule has 0 aromatic heterocycles. The molecule has 16 atom stereocenters. The molecular weight excluding hydrogens is 1310 g/mol. The van der Waals surface area contributed by atoms with Crippen LogP contribution in [-0.2, 0) is 71.5 Å². The number of methoxy groups -OCH3 is 1. The Hall–Kier alpha value is -5.01. The van der Waals surface area contributed by atoms with Gasteiger partial charge in [-0.1, -0.05) is 33.1 Å². The lowest BCUT2D eigenvalue weighted by atomic mass is 9.92. The number of aliphatic hydroxyl groups excluding tert-OH is 9. The van der Waals surface area contributed by atoms with Crippen molar-refractivity contribution in [2.45, 2.75) is 274 Å². The number of urea groups is 1. The van der Waals surface area contributed by atoms with Crippen LogP contribution in [-0.4, -0.2) is 282 Å². The van der Waals surface area contributed by atoms with E-state index in [-0.39, 0.29) is 151 Å². The smallest absolute Gasteiger partial charge is 0.318 e. The normalized spacial score (nSPS) is 25.5. The minimum absolute atomic E-state index is 0.00710. The Balaban J connectivity index is 1.58. The Kier molecular flexibility index (Phi) is 46.4. The van der Waals surface area contributed by atoms with Gasteiger partial charge in [0.1, 0.15) is 54.6 Å². The first kappa shape index (κ1) is 89.2. The summed E-state index contributed by atoms with van der Waals surface area (Å²) in [6, 6.07) is -2.81. The van der Waals surface area contributed by atoms with E-state index >= 15 is 0 Å². The van der Waals surface area contributed by atoms with Crippen LogP contribution in [0.25, 0.3) is 0 Å². The lowest BCUT2D eigenvalue weighted by Gasteiger charge is -2.42. The van der Waals surface area contributed by atoms with Gasteiger partial charge >= 0.3 is 6.03 Å². The molecule has 0 spiro atoms. The van der Waals surface area contributed by atoms with Crippen LogP contribution in [0.2, 0.25) is 0 Å². The minimum atomic E-state index is -1.44. The average Bonchev–Trinajstić information content (AvgIpc) is 0.897. The first-order valence-electron chi connectivity index (χ1n) is 36.1. The molecule has 0 aromatic carbocycles. The lowest BCUT2D eigenvalue weighted by molar-refractivity contribution is -0.282. The molecule has 0 bridgehead atoms. The number of amides is 7. The van der Waals surface area contributed by atoms with Crippen LogP contribution in [0.15, 0.2) is 0 Å². The summed E-state index contributed by atoms with van der Waals surface area (Å²) in [4.78, 5) is 119. The standard InChI is InChI=1S/C68H121N7O25/c1-44-59(87)61(89)51(41-76)98-65(44)95-36-17-5-8-26-55(84)70-33-16-13-25-50(82)49(24-12-15-32-71-57(86)29-20-23-47(80)30-39-94-4)75(68(93)73-35-21-34-72-56(85)28-9-6-18-37-96-66-45(2)60(88)62(90)52(42-77)99-66)40-48(81)22-11-14-31-69-54(83)27-10-7-19-38-97-67-58(74-46(3)79)64(92)63(91)53(43-78)100-67/h44-45,49,51-53,58-67,76-78,87-92H,5-43H2,1-4H3,(H,69,83)(H,70,84)(H,71,86)(H,72,85)(H,73,93)(H,74,79)/t44?,45?,49?,51?,52?,53?,58?,59-,60-,61+,62+,63+,64-,65-,66-,67-/m1/s1. The van der Waals surface area contributed by atoms with Crippen molar-refractivity contribution in [3.63, 3.8) is 0 Å². The topological polar surface area (TPSA) is 476 Å². The number of carbonyl (C=O) groups excluding carboxylic acids is 9. The average molecular weight is 1440 g/mol. The summed E-state index contributed by atoms with van der Waals surface area (Å²) in [6.07, 6.45) is -3.76. The van der Waals surface area contributed by atoms with Crippen LogP contribution in [0.4, 0.5) is 4.79 Å². The van der Waals surface area contributed by atoms with Crippen LogP contribution in [0.3, 0.4) is 0 Å². The van der Waals surface area contributed by atoms with E-state index in [1.54, 1.807) is 13.8 Å². The van der Waals surface area contributed by atoms with Crippen LogP contribution in [0.1, 0.15) is 188 Å². The van der Waals surface area contributed by atoms with E-state index in [1.165, 1.54) is 18.9 Å². The van der Waals surface area contributed by atoms with E-state index in [1.807, 2.05) is 0 Å². The molecule has 0 aromatic rings. The Morgan fingerprint density at radius 2 is 0.800 bits per heavy atom. The van der Waals surface area contributed by atoms with Crippen LogP contribution < -0.4 is 31.9 Å². The predicted octanol–water partition coefficient (Wildman–Crippen LogP) is -0.529. The quantitative estimate of drug-likeness (QED) is 0.0340. The molecule has 3 rings (SSSR count). The second-order valence-corrected chi connectivity index (χ2v) is 26.3. The van der Waals surface area contributed by atoms with Crippen molar-refractivity contribution < 1.29 is 122 Å². The van der Waals surface area contributed by atoms with E-state index in [9.17, 15) is 89.1 Å². The van der Waals surface area contributed by atoms with Gasteiger partial charge in [-0.25, -0.2) is 4.79 Å². The number of rotatable bonds is 55. The van der Waals surface area contributed by atoms with Crippen molar-refractivity contribution in [3.05, 3.63) is 0 Å². The molecule has 0 aliphatic carbocycles. The van der Waals surface area contributed by atoms with Gasteiger partial charge in [0.05, 0.1) is 51.2 Å². The molecule has 0 saturated carbocycles. The number of unbranched alkanes of at least 4 members (excludes halogenated alkanes) is 9. The highest BCUT2D eigenvalue weighted by Crippen LogP contribution is 2.29. The van der Waals surface area contributed by atoms with E-state index in [0.29, 0.717) is 116 Å². The molecule has 7 unspecified atom stereocenters. The number of ether oxygens (including phenoxy) is 7. The van der Waals surface area contributed by atoms with E-state index in [4.69, 9.17) is 33.2 Å². The fraction of sp³-hybridized carbons (Fsp3) is 0.868. The van der Waals surface area contributed by atoms with Crippen molar-refractivity contribution in [2.75, 3.05) is 92.6 Å². The summed E-state index contributed by atoms with van der Waals surface area (Å²) in [5.74, 6) is -3.03. The number of hydrogen-bond donors (Lipinski definition) is 15. The molecule has 578 valence electrons. The number of aliphatic hydroxyl groups is 9. The maximum absolute atomic E-state index is 14.4. The third-order valence-electron chi connectivity index (χ3n) is 18.0. The number of Topliss-reactive ketones (excluding diaryl/α,β-unsaturated/α-hetero) is 3. The van der Waals surface area contributed by atoms with Crippen LogP contribution in [0.5, 0.6) is 0 Å². The summed E-state index contributed by atoms with van der Waals surface area (Å²) in [5.41, 5.74) is 0. The number of nitrogens with one attached hydrogen (secondary N) is 6. The molecular formula is C68H121N7O25. The second kappa shape index (κ2) is 52.0. The molecule has 15 N–H and O–H groups in total. The molecule has 0 radical (unpaired) electrons. The first-order chi connectivity index (χ1) is 48.0. The largest absolute Gasteiger partial charge is 0.394 e. The number of carbonyl (C=O) groups is 9. The van der Waals surface area contributed by atoms with Gasteiger partial charge < -0.3 is 116 Å². The summed E-state index contributed by atoms with van der Waals surface area (Å²) in [5, 5.41) is 107. The molecule has 32 heteroatoms. The zero-order valence-corrected chi connectivity index (χ0v) is 59.3. The Bertz CT molecular complexity index is 2370. The third-order valence-corrected chi connectivity index (χ3v) is 18.0. The number of ketones is 3. The van der Waals surface area contributed by atoms with Crippen molar-refractivity contribution >= 4 is 52.9 Å². The fourth-order valence-electron chi connectivity index (χ4n) is 11.7. The van der Waals surface area contributed by atoms with Crippen LogP contribution in [0, 0.1) is 11.8 Å². The highest BCUT2D eigenvalue weighted by atomic mass is 16.7. The monoisotopic (exact) mass is 1440 g/mol. The molecule has 7 amide bonds. The van der Waals surface area contributed by atoms with Gasteiger partial charge in [0, 0.05) is 130 Å². The van der Waals surface area contributed by atoms with Crippen molar-refractivity contribution in [2.24, 2.45) is 11.8 Å². The van der Waals surface area contributed by atoms with Gasteiger partial charge in [0.2, 0.25) is 29.5 Å². The van der Waals surface area contributed by atoms with E-state index < -0.39 is 136 Å². The van der Waals surface area contributed by atoms with Crippen LogP contribution >= 0.6 is 0 Å². The third kappa shape index (κ3) is 35.0. The van der Waals surface area contributed by atoms with Crippen molar-refractivity contribution in [3.8, 4) is 0 Å². The Labute approximate surface area is 588 Å². The zero-order valence-electron chi connectivity index (χ0n) is 59.3. The minimum Gasteiger partial charge on any atom is -0.394 e. The highest BCUT2D eigenvalue weighted by Gasteiger charge is 2.46. The lowest BCUT2D eigenvalue weighted by Crippen LogP contribution is -2.64. The summed E-state index contributed by atoms with van der Waals surface area (Å²) < 4.78 is 39.0. The molecule has 32 nitrogen and oxygen atoms in total. The Morgan fingerprint density at radius 3 is 1.26 bits per heavy atom. The summed E-state index contributed by atoms with van der Waals surface area (Å²) in [6.45, 7) is 4.71. The second-order valence-electron chi connectivity index (χ2n) is 26.3. The number of nitrogens with zero attached hydrogens (tertiary/aromatic N) is 1. The van der Waals surface area contributed by atoms with E-state index in [0.717, 1.165) is 0 Å². The predicted molar refractivity (Wildman–Crippen MR) is 360 cm³/mol.